The highest BCUT2D eigenvalue weighted by molar-refractivity contribution is 5.90. The smallest absolute Gasteiger partial charge is 0.246 e. The molecule has 1 fully saturated rings. The molecule has 0 aromatic heterocycles. The van der Waals surface area contributed by atoms with Crippen LogP contribution in [0.15, 0.2) is 24.3 Å². The maximum absolute atomic E-state index is 12.0. The van der Waals surface area contributed by atoms with Crippen LogP contribution in [0, 0.1) is 0 Å². The second kappa shape index (κ2) is 3.79. The Bertz CT molecular complexity index is 394. The molecule has 1 aliphatic carbocycles. The van der Waals surface area contributed by atoms with Crippen LogP contribution in [-0.2, 0) is 10.2 Å². The Morgan fingerprint density at radius 3 is 2.31 bits per heavy atom. The first-order valence-corrected chi connectivity index (χ1v) is 5.27. The summed E-state index contributed by atoms with van der Waals surface area (Å²) in [7, 11) is 3.21. The number of benzene rings is 1. The van der Waals surface area contributed by atoms with Crippen LogP contribution >= 0.6 is 0 Å². The molecule has 1 aromatic rings. The lowest BCUT2D eigenvalue weighted by Gasteiger charge is -2.19. The van der Waals surface area contributed by atoms with Gasteiger partial charge >= 0.3 is 0 Å². The number of likely N-dealkylation sites (N-methyl/N-ethyl adjacent to an activating group) is 1. The molecule has 2 N–H and O–H groups in total. The fourth-order valence-corrected chi connectivity index (χ4v) is 2.00. The van der Waals surface area contributed by atoms with E-state index in [-0.39, 0.29) is 11.3 Å². The third kappa shape index (κ3) is 1.65. The van der Waals surface area contributed by atoms with Crippen LogP contribution in [0.5, 0.6) is 5.75 Å². The highest BCUT2D eigenvalue weighted by atomic mass is 16.5. The topological polar surface area (TPSA) is 55.6 Å². The molecule has 0 unspecified atom stereocenters. The number of hydrazine groups is 1. The van der Waals surface area contributed by atoms with Crippen molar-refractivity contribution in [2.75, 3.05) is 14.2 Å². The van der Waals surface area contributed by atoms with E-state index in [0.717, 1.165) is 24.2 Å². The predicted octanol–water partition coefficient (Wildman–Crippen LogP) is 1.06. The number of nitrogens with two attached hydrogens (primary N) is 1. The van der Waals surface area contributed by atoms with Crippen LogP contribution in [0.3, 0.4) is 0 Å². The first kappa shape index (κ1) is 11.0. The van der Waals surface area contributed by atoms with Crippen LogP contribution in [0.1, 0.15) is 18.4 Å². The molecule has 0 aliphatic heterocycles. The van der Waals surface area contributed by atoms with Gasteiger partial charge in [-0.3, -0.25) is 9.80 Å². The fraction of sp³-hybridized carbons (Fsp3) is 0.417. The van der Waals surface area contributed by atoms with Gasteiger partial charge in [0.25, 0.3) is 0 Å². The van der Waals surface area contributed by atoms with Gasteiger partial charge in [-0.25, -0.2) is 5.84 Å². The number of methoxy groups -OCH3 is 1. The van der Waals surface area contributed by atoms with Gasteiger partial charge in [-0.2, -0.15) is 0 Å². The Morgan fingerprint density at radius 2 is 1.94 bits per heavy atom. The van der Waals surface area contributed by atoms with Crippen molar-refractivity contribution in [2.45, 2.75) is 18.3 Å². The molecule has 1 amide bonds. The minimum Gasteiger partial charge on any atom is -0.497 e. The molecule has 0 saturated heterocycles. The van der Waals surface area contributed by atoms with Crippen molar-refractivity contribution in [3.63, 3.8) is 0 Å². The number of carbonyl (C=O) groups is 1. The fourth-order valence-electron chi connectivity index (χ4n) is 2.00. The Hall–Kier alpha value is -1.55. The second-order valence-corrected chi connectivity index (χ2v) is 4.23. The Balaban J connectivity index is 2.26. The molecule has 1 aromatic carbocycles. The summed E-state index contributed by atoms with van der Waals surface area (Å²) in [5.41, 5.74) is 0.645. The first-order chi connectivity index (χ1) is 7.60. The van der Waals surface area contributed by atoms with Crippen LogP contribution < -0.4 is 10.6 Å². The number of amides is 1. The number of rotatable bonds is 3. The van der Waals surface area contributed by atoms with E-state index in [4.69, 9.17) is 10.6 Å². The summed E-state index contributed by atoms with van der Waals surface area (Å²) in [5, 5.41) is 1.18. The molecule has 0 atom stereocenters. The molecule has 1 aliphatic rings. The zero-order valence-electron chi connectivity index (χ0n) is 9.56. The van der Waals surface area contributed by atoms with Gasteiger partial charge in [-0.1, -0.05) is 12.1 Å². The third-order valence-electron chi connectivity index (χ3n) is 3.12. The molecule has 4 heteroatoms. The van der Waals surface area contributed by atoms with E-state index < -0.39 is 0 Å². The van der Waals surface area contributed by atoms with E-state index in [1.807, 2.05) is 24.3 Å². The molecule has 0 heterocycles. The van der Waals surface area contributed by atoms with E-state index in [9.17, 15) is 4.79 Å². The maximum Gasteiger partial charge on any atom is 0.246 e. The minimum absolute atomic E-state index is 0.0160. The number of hydrogen-bond acceptors (Lipinski definition) is 3. The SMILES string of the molecule is COc1ccc(C2(C(=O)N(C)N)CC2)cc1. The highest BCUT2D eigenvalue weighted by Gasteiger charge is 2.52. The Labute approximate surface area is 95.0 Å². The van der Waals surface area contributed by atoms with Crippen molar-refractivity contribution in [2.24, 2.45) is 5.84 Å². The van der Waals surface area contributed by atoms with Gasteiger partial charge in [0.05, 0.1) is 12.5 Å². The van der Waals surface area contributed by atoms with Crippen LogP contribution in [0.2, 0.25) is 0 Å². The first-order valence-electron chi connectivity index (χ1n) is 5.27. The van der Waals surface area contributed by atoms with E-state index >= 15 is 0 Å². The molecule has 0 spiro atoms. The highest BCUT2D eigenvalue weighted by Crippen LogP contribution is 2.49. The average molecular weight is 220 g/mol. The van der Waals surface area contributed by atoms with E-state index in [1.54, 1.807) is 14.2 Å². The van der Waals surface area contributed by atoms with Crippen molar-refractivity contribution in [1.29, 1.82) is 0 Å². The summed E-state index contributed by atoms with van der Waals surface area (Å²) in [6.45, 7) is 0. The molecular formula is C12H16N2O2. The monoisotopic (exact) mass is 220 g/mol. The quantitative estimate of drug-likeness (QED) is 0.471. The van der Waals surface area contributed by atoms with Crippen molar-refractivity contribution in [1.82, 2.24) is 5.01 Å². The van der Waals surface area contributed by atoms with E-state index in [0.29, 0.717) is 0 Å². The van der Waals surface area contributed by atoms with Crippen LogP contribution in [0.4, 0.5) is 0 Å². The lowest BCUT2D eigenvalue weighted by molar-refractivity contribution is -0.132. The molecule has 1 saturated carbocycles. The molecular weight excluding hydrogens is 204 g/mol. The summed E-state index contributed by atoms with van der Waals surface area (Å²) in [5.74, 6) is 6.30. The Kier molecular flexibility index (Phi) is 2.59. The minimum atomic E-state index is -0.379. The molecule has 0 radical (unpaired) electrons. The maximum atomic E-state index is 12.0. The summed E-state index contributed by atoms with van der Waals surface area (Å²) >= 11 is 0. The summed E-state index contributed by atoms with van der Waals surface area (Å²) in [6, 6.07) is 7.62. The lowest BCUT2D eigenvalue weighted by atomic mass is 9.95. The molecule has 2 rings (SSSR count). The average Bonchev–Trinajstić information content (AvgIpc) is 3.09. The van der Waals surface area contributed by atoms with E-state index in [1.165, 1.54) is 5.01 Å². The standard InChI is InChI=1S/C12H16N2O2/c1-14(13)11(15)12(7-8-12)9-3-5-10(16-2)6-4-9/h3-6H,7-8,13H2,1-2H3. The van der Waals surface area contributed by atoms with Crippen LogP contribution in [0.25, 0.3) is 0 Å². The summed E-state index contributed by atoms with van der Waals surface area (Å²) in [6.07, 6.45) is 1.75. The van der Waals surface area contributed by atoms with Crippen molar-refractivity contribution in [3.8, 4) is 5.75 Å². The molecule has 86 valence electrons. The lowest BCUT2D eigenvalue weighted by Crippen LogP contribution is -2.41. The van der Waals surface area contributed by atoms with Gasteiger partial charge in [0.2, 0.25) is 5.91 Å². The van der Waals surface area contributed by atoms with E-state index in [2.05, 4.69) is 0 Å². The van der Waals surface area contributed by atoms with Crippen LogP contribution in [-0.4, -0.2) is 25.1 Å². The van der Waals surface area contributed by atoms with Gasteiger partial charge in [0.15, 0.2) is 0 Å². The van der Waals surface area contributed by atoms with Crippen molar-refractivity contribution >= 4 is 5.91 Å². The number of carbonyl (C=O) groups excluding carboxylic acids is 1. The third-order valence-corrected chi connectivity index (χ3v) is 3.12. The molecule has 0 bridgehead atoms. The normalized spacial score (nSPS) is 16.7. The van der Waals surface area contributed by atoms with Crippen molar-refractivity contribution in [3.05, 3.63) is 29.8 Å². The number of ether oxygens (including phenoxy) is 1. The largest absolute Gasteiger partial charge is 0.497 e. The number of hydrogen-bond donors (Lipinski definition) is 1. The van der Waals surface area contributed by atoms with Gasteiger partial charge in [0, 0.05) is 7.05 Å². The van der Waals surface area contributed by atoms with Gasteiger partial charge in [-0.05, 0) is 30.5 Å². The zero-order chi connectivity index (χ0) is 11.8. The molecule has 4 nitrogen and oxygen atoms in total. The molecule has 16 heavy (non-hydrogen) atoms. The number of nitrogens with zero attached hydrogens (tertiary/aromatic N) is 1. The van der Waals surface area contributed by atoms with Gasteiger partial charge in [0.1, 0.15) is 5.75 Å². The summed E-state index contributed by atoms with van der Waals surface area (Å²) in [4.78, 5) is 12.0. The van der Waals surface area contributed by atoms with Gasteiger partial charge in [-0.15, -0.1) is 0 Å². The van der Waals surface area contributed by atoms with Crippen molar-refractivity contribution < 1.29 is 9.53 Å². The van der Waals surface area contributed by atoms with Gasteiger partial charge < -0.3 is 4.74 Å². The Morgan fingerprint density at radius 1 is 1.38 bits per heavy atom. The predicted molar refractivity (Wildman–Crippen MR) is 60.9 cm³/mol. The second-order valence-electron chi connectivity index (χ2n) is 4.23. The summed E-state index contributed by atoms with van der Waals surface area (Å²) < 4.78 is 5.09. The zero-order valence-corrected chi connectivity index (χ0v) is 9.56.